The Hall–Kier alpha value is -6.19. The highest BCUT2D eigenvalue weighted by atomic mass is 16.4. The molecule has 1 aliphatic heterocycles. The second-order valence-electron chi connectivity index (χ2n) is 14.1. The zero-order valence-corrected chi connectivity index (χ0v) is 32.8. The Labute approximate surface area is 335 Å². The average molecular weight is 819 g/mol. The van der Waals surface area contributed by atoms with E-state index in [0.29, 0.717) is 24.8 Å². The van der Waals surface area contributed by atoms with Crippen LogP contribution in [0.3, 0.4) is 0 Å². The van der Waals surface area contributed by atoms with Gasteiger partial charge in [0.1, 0.15) is 36.0 Å². The first kappa shape index (κ1) is 48.0. The number of likely N-dealkylation sites (tertiary alicyclic amines) is 1. The highest BCUT2D eigenvalue weighted by molar-refractivity contribution is 5.97. The Balaban J connectivity index is 2.36. The fraction of sp³-hybridized carbons (Fsp3) is 0.583. The molecule has 17 N–H and O–H groups in total. The topological polar surface area (TPSA) is 386 Å². The Bertz CT molecular complexity index is 1650. The second-order valence-corrected chi connectivity index (χ2v) is 14.1. The Kier molecular flexibility index (Phi) is 19.7. The molecule has 7 atom stereocenters. The van der Waals surface area contributed by atoms with Crippen molar-refractivity contribution >= 4 is 53.4 Å². The van der Waals surface area contributed by atoms with Gasteiger partial charge in [0.25, 0.3) is 0 Å². The summed E-state index contributed by atoms with van der Waals surface area (Å²) in [6.07, 6.45) is 0.890. The van der Waals surface area contributed by atoms with Crippen LogP contribution in [0, 0.1) is 5.92 Å². The van der Waals surface area contributed by atoms with Crippen molar-refractivity contribution in [3.05, 3.63) is 29.8 Å². The van der Waals surface area contributed by atoms with Gasteiger partial charge < -0.3 is 70.2 Å². The van der Waals surface area contributed by atoms with E-state index in [0.717, 1.165) is 0 Å². The van der Waals surface area contributed by atoms with Crippen LogP contribution in [0.4, 0.5) is 0 Å². The first-order valence-corrected chi connectivity index (χ1v) is 18.9. The fourth-order valence-corrected chi connectivity index (χ4v) is 6.13. The number of amides is 5. The Morgan fingerprint density at radius 3 is 1.95 bits per heavy atom. The number of aromatic hydroxyl groups is 1. The Morgan fingerprint density at radius 1 is 0.810 bits per heavy atom. The van der Waals surface area contributed by atoms with Crippen LogP contribution in [0.5, 0.6) is 5.75 Å². The van der Waals surface area contributed by atoms with Gasteiger partial charge >= 0.3 is 11.9 Å². The van der Waals surface area contributed by atoms with E-state index in [1.807, 2.05) is 0 Å². The number of carbonyl (C=O) groups excluding carboxylic acids is 5. The smallest absolute Gasteiger partial charge is 0.326 e. The molecule has 0 radical (unpaired) electrons. The lowest BCUT2D eigenvalue weighted by Crippen LogP contribution is -2.60. The number of aliphatic imine (C=N–C) groups is 2. The summed E-state index contributed by atoms with van der Waals surface area (Å²) in [4.78, 5) is 101. The number of nitrogens with two attached hydrogens (primary N) is 5. The maximum absolute atomic E-state index is 14.1. The van der Waals surface area contributed by atoms with Crippen LogP contribution in [-0.4, -0.2) is 129 Å². The molecule has 322 valence electrons. The molecule has 0 bridgehead atoms. The van der Waals surface area contributed by atoms with Crippen molar-refractivity contribution in [2.45, 2.75) is 108 Å². The maximum Gasteiger partial charge on any atom is 0.326 e. The lowest BCUT2D eigenvalue weighted by molar-refractivity contribution is -0.147. The lowest BCUT2D eigenvalue weighted by atomic mass is 9.96. The third kappa shape index (κ3) is 16.1. The van der Waals surface area contributed by atoms with Crippen LogP contribution in [0.25, 0.3) is 0 Å². The summed E-state index contributed by atoms with van der Waals surface area (Å²) in [5.41, 5.74) is 28.2. The number of hydrogen-bond acceptors (Lipinski definition) is 11. The van der Waals surface area contributed by atoms with E-state index >= 15 is 0 Å². The van der Waals surface area contributed by atoms with E-state index in [1.165, 1.54) is 29.2 Å². The number of benzene rings is 1. The molecule has 0 unspecified atom stereocenters. The van der Waals surface area contributed by atoms with Gasteiger partial charge in [0.15, 0.2) is 11.9 Å². The minimum Gasteiger partial charge on any atom is -0.508 e. The van der Waals surface area contributed by atoms with Crippen LogP contribution in [0.1, 0.15) is 70.8 Å². The molecule has 1 aromatic rings. The van der Waals surface area contributed by atoms with Crippen LogP contribution < -0.4 is 49.9 Å². The maximum atomic E-state index is 14.1. The minimum atomic E-state index is -1.78. The van der Waals surface area contributed by atoms with Crippen molar-refractivity contribution in [2.24, 2.45) is 44.6 Å². The van der Waals surface area contributed by atoms with Gasteiger partial charge in [0, 0.05) is 26.1 Å². The zero-order valence-electron chi connectivity index (χ0n) is 32.8. The monoisotopic (exact) mass is 818 g/mol. The number of rotatable bonds is 24. The normalized spacial score (nSPS) is 16.6. The zero-order chi connectivity index (χ0) is 43.5. The number of hydrogen-bond donors (Lipinski definition) is 12. The van der Waals surface area contributed by atoms with Gasteiger partial charge in [0.2, 0.25) is 29.5 Å². The van der Waals surface area contributed by atoms with Crippen LogP contribution in [0.2, 0.25) is 0 Å². The number of carbonyl (C=O) groups is 7. The lowest BCUT2D eigenvalue weighted by Gasteiger charge is -2.31. The summed E-state index contributed by atoms with van der Waals surface area (Å²) in [5.74, 6) is -7.61. The third-order valence-electron chi connectivity index (χ3n) is 9.50. The highest BCUT2D eigenvalue weighted by Gasteiger charge is 2.40. The van der Waals surface area contributed by atoms with Crippen molar-refractivity contribution in [1.29, 1.82) is 0 Å². The molecule has 5 amide bonds. The molecule has 1 saturated heterocycles. The van der Waals surface area contributed by atoms with E-state index < -0.39 is 90.1 Å². The molecule has 58 heavy (non-hydrogen) atoms. The summed E-state index contributed by atoms with van der Waals surface area (Å²) in [6, 6.07) is -1.86. The van der Waals surface area contributed by atoms with E-state index in [4.69, 9.17) is 33.8 Å². The molecule has 22 heteroatoms. The molecule has 1 heterocycles. The van der Waals surface area contributed by atoms with Gasteiger partial charge in [-0.05, 0) is 62.1 Å². The molecule has 0 spiro atoms. The number of nitrogens with zero attached hydrogens (tertiary/aromatic N) is 3. The molecule has 0 aliphatic carbocycles. The molecule has 2 rings (SSSR count). The van der Waals surface area contributed by atoms with Crippen molar-refractivity contribution in [1.82, 2.24) is 26.2 Å². The van der Waals surface area contributed by atoms with Crippen LogP contribution in [-0.2, 0) is 40.0 Å². The number of phenolic OH excluding ortho intramolecular Hbond substituents is 1. The predicted octanol–water partition coefficient (Wildman–Crippen LogP) is -3.10. The summed E-state index contributed by atoms with van der Waals surface area (Å²) >= 11 is 0. The van der Waals surface area contributed by atoms with Crippen molar-refractivity contribution in [3.8, 4) is 5.75 Å². The van der Waals surface area contributed by atoms with Gasteiger partial charge in [-0.15, -0.1) is 0 Å². The quantitative estimate of drug-likeness (QED) is 0.0279. The third-order valence-corrected chi connectivity index (χ3v) is 9.50. The molecule has 0 saturated carbocycles. The number of carboxylic acids is 2. The molecule has 1 aromatic carbocycles. The summed E-state index contributed by atoms with van der Waals surface area (Å²) in [5, 5.41) is 38.6. The minimum absolute atomic E-state index is 0.0522. The molecule has 1 aliphatic rings. The molecular formula is C36H58N12O10. The first-order valence-electron chi connectivity index (χ1n) is 18.9. The number of carboxylic acid groups (broad SMARTS) is 2. The van der Waals surface area contributed by atoms with E-state index in [9.17, 15) is 43.8 Å². The van der Waals surface area contributed by atoms with Gasteiger partial charge in [-0.1, -0.05) is 32.4 Å². The standard InChI is InChI=1S/C36H58N12O10/c1-3-19(2)28(32(55)46-25(34(57)58)18-27(50)51)47-30(53)24(17-20-10-12-21(49)13-11-20)45-31(54)26-9-6-16-48(26)33(56)23(8-5-15-43-36(40)41)44-29(52)22(37)7-4-14-42-35(38)39/h10-13,19,22-26,28,49H,3-9,14-18,37H2,1-2H3,(H,44,52)(H,45,54)(H,46,55)(H,47,53)(H,50,51)(H,57,58)(H4,38,39,42)(H4,40,41,43)/t19-,22-,23-,24-,25-,26-,28-/m0/s1. The first-order chi connectivity index (χ1) is 27.3. The summed E-state index contributed by atoms with van der Waals surface area (Å²) in [6.45, 7) is 3.89. The summed E-state index contributed by atoms with van der Waals surface area (Å²) in [7, 11) is 0. The highest BCUT2D eigenvalue weighted by Crippen LogP contribution is 2.21. The van der Waals surface area contributed by atoms with Crippen molar-refractivity contribution < 1.29 is 48.9 Å². The van der Waals surface area contributed by atoms with E-state index in [-0.39, 0.29) is 69.4 Å². The van der Waals surface area contributed by atoms with E-state index in [1.54, 1.807) is 13.8 Å². The van der Waals surface area contributed by atoms with Gasteiger partial charge in [-0.25, -0.2) is 4.79 Å². The molecule has 1 fully saturated rings. The largest absolute Gasteiger partial charge is 0.508 e. The average Bonchev–Trinajstić information content (AvgIpc) is 3.66. The van der Waals surface area contributed by atoms with Gasteiger partial charge in [0.05, 0.1) is 12.5 Å². The summed E-state index contributed by atoms with van der Waals surface area (Å²) < 4.78 is 0. The number of nitrogens with one attached hydrogen (secondary N) is 4. The van der Waals surface area contributed by atoms with Crippen molar-refractivity contribution in [2.75, 3.05) is 19.6 Å². The molecule has 22 nitrogen and oxygen atoms in total. The van der Waals surface area contributed by atoms with Crippen LogP contribution >= 0.6 is 0 Å². The second kappa shape index (κ2) is 23.8. The van der Waals surface area contributed by atoms with Crippen LogP contribution in [0.15, 0.2) is 34.3 Å². The van der Waals surface area contributed by atoms with E-state index in [2.05, 4.69) is 31.3 Å². The predicted molar refractivity (Wildman–Crippen MR) is 211 cm³/mol. The SMILES string of the molecule is CC[C@H](C)[C@H](NC(=O)[C@H](Cc1ccc(O)cc1)NC(=O)[C@@H]1CCCN1C(=O)[C@H](CCCN=C(N)N)NC(=O)[C@@H](N)CCCN=C(N)N)C(=O)N[C@@H](CC(=O)O)C(=O)O. The Morgan fingerprint density at radius 2 is 1.40 bits per heavy atom. The van der Waals surface area contributed by atoms with Gasteiger partial charge in [-0.3, -0.25) is 38.8 Å². The van der Waals surface area contributed by atoms with Gasteiger partial charge in [-0.2, -0.15) is 0 Å². The molecule has 0 aromatic heterocycles. The van der Waals surface area contributed by atoms with Crippen molar-refractivity contribution in [3.63, 3.8) is 0 Å². The molecular weight excluding hydrogens is 760 g/mol. The number of guanidine groups is 2. The number of phenols is 1. The number of aliphatic carboxylic acids is 2. The fourth-order valence-electron chi connectivity index (χ4n) is 6.13.